The Balaban J connectivity index is 2.09. The Bertz CT molecular complexity index is 458. The molecular weight excluding hydrogens is 212 g/mol. The van der Waals surface area contributed by atoms with Gasteiger partial charge in [0, 0.05) is 12.0 Å². The number of allylic oxidation sites excluding steroid dienone is 1. The first-order valence-electron chi connectivity index (χ1n) is 6.19. The molecule has 1 aromatic rings. The fourth-order valence-corrected chi connectivity index (χ4v) is 2.15. The Labute approximate surface area is 102 Å². The molecule has 2 rings (SSSR count). The molecule has 0 N–H and O–H groups in total. The lowest BCUT2D eigenvalue weighted by Gasteiger charge is -2.05. The number of rotatable bonds is 4. The van der Waals surface area contributed by atoms with E-state index < -0.39 is 0 Å². The topological polar surface area (TPSA) is 26.3 Å². The van der Waals surface area contributed by atoms with Crippen LogP contribution in [0.5, 0.6) is 0 Å². The van der Waals surface area contributed by atoms with Crippen LogP contribution < -0.4 is 0 Å². The number of ether oxygens (including phenoxy) is 1. The fraction of sp³-hybridized carbons (Fsp3) is 0.400. The van der Waals surface area contributed by atoms with Crippen LogP contribution in [-0.2, 0) is 16.0 Å². The van der Waals surface area contributed by atoms with Crippen molar-refractivity contribution >= 4 is 11.5 Å². The summed E-state index contributed by atoms with van der Waals surface area (Å²) in [5.41, 5.74) is 4.31. The largest absolute Gasteiger partial charge is 0.462 e. The highest BCUT2D eigenvalue weighted by atomic mass is 16.5. The van der Waals surface area contributed by atoms with Crippen molar-refractivity contribution in [3.8, 4) is 0 Å². The molecule has 0 atom stereocenters. The standard InChI is InChI=1S/C15H18O2/c1-3-4-9-17-15(16)14-10-12-7-5-6-8-13(12)11(14)2/h5-8H,3-4,9-10H2,1-2H3. The summed E-state index contributed by atoms with van der Waals surface area (Å²) < 4.78 is 5.27. The lowest BCUT2D eigenvalue weighted by Crippen LogP contribution is -2.09. The number of fused-ring (bicyclic) bond motifs is 1. The zero-order valence-corrected chi connectivity index (χ0v) is 10.5. The maximum absolute atomic E-state index is 11.9. The van der Waals surface area contributed by atoms with Crippen LogP contribution in [-0.4, -0.2) is 12.6 Å². The second kappa shape index (κ2) is 5.17. The Morgan fingerprint density at radius 2 is 2.12 bits per heavy atom. The molecule has 0 radical (unpaired) electrons. The molecule has 1 aliphatic carbocycles. The fourth-order valence-electron chi connectivity index (χ4n) is 2.15. The van der Waals surface area contributed by atoms with Gasteiger partial charge in [0.15, 0.2) is 0 Å². The van der Waals surface area contributed by atoms with Crippen LogP contribution in [0.15, 0.2) is 29.8 Å². The molecule has 0 aliphatic heterocycles. The Kier molecular flexibility index (Phi) is 3.62. The van der Waals surface area contributed by atoms with Gasteiger partial charge in [-0.15, -0.1) is 0 Å². The van der Waals surface area contributed by atoms with E-state index in [0.29, 0.717) is 13.0 Å². The lowest BCUT2D eigenvalue weighted by molar-refractivity contribution is -0.139. The van der Waals surface area contributed by atoms with Crippen LogP contribution in [0.25, 0.3) is 5.57 Å². The van der Waals surface area contributed by atoms with Gasteiger partial charge >= 0.3 is 5.97 Å². The summed E-state index contributed by atoms with van der Waals surface area (Å²) in [6.07, 6.45) is 2.70. The third-order valence-electron chi connectivity index (χ3n) is 3.22. The maximum atomic E-state index is 11.9. The smallest absolute Gasteiger partial charge is 0.334 e. The van der Waals surface area contributed by atoms with Crippen molar-refractivity contribution in [1.82, 2.24) is 0 Å². The number of carbonyl (C=O) groups is 1. The molecule has 0 spiro atoms. The minimum absolute atomic E-state index is 0.146. The maximum Gasteiger partial charge on any atom is 0.334 e. The van der Waals surface area contributed by atoms with Crippen molar-refractivity contribution in [3.05, 3.63) is 41.0 Å². The number of esters is 1. The van der Waals surface area contributed by atoms with E-state index in [9.17, 15) is 4.79 Å². The Morgan fingerprint density at radius 3 is 2.82 bits per heavy atom. The SMILES string of the molecule is CCCCOC(=O)C1=C(C)c2ccccc2C1. The van der Waals surface area contributed by atoms with Crippen LogP contribution in [0.1, 0.15) is 37.8 Å². The van der Waals surface area contributed by atoms with Gasteiger partial charge in [-0.25, -0.2) is 4.79 Å². The molecule has 2 nitrogen and oxygen atoms in total. The number of carbonyl (C=O) groups excluding carboxylic acids is 1. The molecule has 1 aliphatic rings. The van der Waals surface area contributed by atoms with Crippen molar-refractivity contribution in [3.63, 3.8) is 0 Å². The van der Waals surface area contributed by atoms with Crippen molar-refractivity contribution in [2.45, 2.75) is 33.1 Å². The number of hydrogen-bond donors (Lipinski definition) is 0. The lowest BCUT2D eigenvalue weighted by atomic mass is 10.1. The van der Waals surface area contributed by atoms with Gasteiger partial charge in [0.2, 0.25) is 0 Å². The van der Waals surface area contributed by atoms with Crippen molar-refractivity contribution < 1.29 is 9.53 Å². The van der Waals surface area contributed by atoms with E-state index in [1.807, 2.05) is 19.1 Å². The van der Waals surface area contributed by atoms with Crippen molar-refractivity contribution in [1.29, 1.82) is 0 Å². The van der Waals surface area contributed by atoms with Gasteiger partial charge in [0.05, 0.1) is 6.61 Å². The van der Waals surface area contributed by atoms with Crippen LogP contribution in [0.4, 0.5) is 0 Å². The predicted octanol–water partition coefficient (Wildman–Crippen LogP) is 3.36. The summed E-state index contributed by atoms with van der Waals surface area (Å²) in [7, 11) is 0. The van der Waals surface area contributed by atoms with Crippen molar-refractivity contribution in [2.24, 2.45) is 0 Å². The third-order valence-corrected chi connectivity index (χ3v) is 3.22. The van der Waals surface area contributed by atoms with Gasteiger partial charge in [-0.1, -0.05) is 37.6 Å². The second-order valence-electron chi connectivity index (χ2n) is 4.43. The van der Waals surface area contributed by atoms with E-state index in [0.717, 1.165) is 24.0 Å². The van der Waals surface area contributed by atoms with E-state index in [1.165, 1.54) is 11.1 Å². The monoisotopic (exact) mass is 230 g/mol. The highest BCUT2D eigenvalue weighted by Gasteiger charge is 2.23. The minimum atomic E-state index is -0.146. The normalized spacial score (nSPS) is 13.8. The highest BCUT2D eigenvalue weighted by molar-refractivity contribution is 6.00. The molecule has 2 heteroatoms. The first-order valence-corrected chi connectivity index (χ1v) is 6.19. The average molecular weight is 230 g/mol. The predicted molar refractivity (Wildman–Crippen MR) is 68.6 cm³/mol. The molecule has 1 aromatic carbocycles. The van der Waals surface area contributed by atoms with Crippen molar-refractivity contribution in [2.75, 3.05) is 6.61 Å². The first-order chi connectivity index (χ1) is 8.24. The average Bonchev–Trinajstić information content (AvgIpc) is 2.68. The number of benzene rings is 1. The van der Waals surface area contributed by atoms with Crippen LogP contribution in [0.2, 0.25) is 0 Å². The summed E-state index contributed by atoms with van der Waals surface area (Å²) in [5.74, 6) is -0.146. The molecule has 0 bridgehead atoms. The van der Waals surface area contributed by atoms with Gasteiger partial charge in [-0.3, -0.25) is 0 Å². The highest BCUT2D eigenvalue weighted by Crippen LogP contribution is 2.32. The summed E-state index contributed by atoms with van der Waals surface area (Å²) in [6, 6.07) is 8.16. The third kappa shape index (κ3) is 2.41. The summed E-state index contributed by atoms with van der Waals surface area (Å²) >= 11 is 0. The summed E-state index contributed by atoms with van der Waals surface area (Å²) in [5, 5.41) is 0. The van der Waals surface area contributed by atoms with Gasteiger partial charge in [0.25, 0.3) is 0 Å². The molecule has 90 valence electrons. The van der Waals surface area contributed by atoms with Gasteiger partial charge in [-0.05, 0) is 30.0 Å². The second-order valence-corrected chi connectivity index (χ2v) is 4.43. The summed E-state index contributed by atoms with van der Waals surface area (Å²) in [6.45, 7) is 4.62. The molecule has 0 saturated heterocycles. The molecule has 0 aromatic heterocycles. The minimum Gasteiger partial charge on any atom is -0.462 e. The van der Waals surface area contributed by atoms with Gasteiger partial charge < -0.3 is 4.74 Å². The van der Waals surface area contributed by atoms with E-state index in [4.69, 9.17) is 4.74 Å². The van der Waals surface area contributed by atoms with E-state index in [2.05, 4.69) is 19.1 Å². The molecule has 0 saturated carbocycles. The molecule has 0 heterocycles. The van der Waals surface area contributed by atoms with E-state index in [-0.39, 0.29) is 5.97 Å². The Hall–Kier alpha value is -1.57. The van der Waals surface area contributed by atoms with Gasteiger partial charge in [0.1, 0.15) is 0 Å². The molecule has 17 heavy (non-hydrogen) atoms. The molecule has 0 amide bonds. The molecule has 0 fully saturated rings. The number of unbranched alkanes of at least 4 members (excludes halogenated alkanes) is 1. The van der Waals surface area contributed by atoms with E-state index in [1.54, 1.807) is 0 Å². The molecule has 0 unspecified atom stereocenters. The zero-order chi connectivity index (χ0) is 12.3. The van der Waals surface area contributed by atoms with Crippen LogP contribution in [0, 0.1) is 0 Å². The zero-order valence-electron chi connectivity index (χ0n) is 10.5. The summed E-state index contributed by atoms with van der Waals surface area (Å²) in [4.78, 5) is 11.9. The molecular formula is C15H18O2. The van der Waals surface area contributed by atoms with E-state index >= 15 is 0 Å². The quantitative estimate of drug-likeness (QED) is 0.585. The first kappa shape index (κ1) is 11.9. The van der Waals surface area contributed by atoms with Crippen LogP contribution in [0.3, 0.4) is 0 Å². The van der Waals surface area contributed by atoms with Gasteiger partial charge in [-0.2, -0.15) is 0 Å². The van der Waals surface area contributed by atoms with Crippen LogP contribution >= 0.6 is 0 Å². The number of hydrogen-bond acceptors (Lipinski definition) is 2. The Morgan fingerprint density at radius 1 is 1.35 bits per heavy atom.